The van der Waals surface area contributed by atoms with E-state index in [-0.39, 0.29) is 24.2 Å². The summed E-state index contributed by atoms with van der Waals surface area (Å²) in [4.78, 5) is 40.9. The van der Waals surface area contributed by atoms with Gasteiger partial charge in [-0.05, 0) is 29.8 Å². The third-order valence-electron chi connectivity index (χ3n) is 5.74. The molecule has 1 aliphatic rings. The monoisotopic (exact) mass is 549 g/mol. The van der Waals surface area contributed by atoms with E-state index < -0.39 is 54.7 Å². The zero-order valence-electron chi connectivity index (χ0n) is 20.1. The van der Waals surface area contributed by atoms with Gasteiger partial charge in [0.2, 0.25) is 5.91 Å². The van der Waals surface area contributed by atoms with Crippen LogP contribution in [0.25, 0.3) is 10.9 Å². The van der Waals surface area contributed by atoms with Crippen molar-refractivity contribution in [3.8, 4) is 0 Å². The zero-order valence-corrected chi connectivity index (χ0v) is 20.1. The molecule has 0 spiro atoms. The molecule has 39 heavy (non-hydrogen) atoms. The smallest absolute Gasteiger partial charge is 0.416 e. The Bertz CT molecular complexity index is 1420. The molecule has 4 rings (SSSR count). The number of hydrogen-bond acceptors (Lipinski definition) is 7. The highest BCUT2D eigenvalue weighted by molar-refractivity contribution is 6.09. The molecule has 0 saturated carbocycles. The molecular weight excluding hydrogens is 526 g/mol. The molecule has 206 valence electrons. The van der Waals surface area contributed by atoms with Crippen molar-refractivity contribution in [2.45, 2.75) is 24.8 Å². The average molecular weight is 549 g/mol. The third kappa shape index (κ3) is 7.00. The van der Waals surface area contributed by atoms with Crippen LogP contribution < -0.4 is 21.3 Å². The number of aromatic amines is 1. The lowest BCUT2D eigenvalue weighted by atomic mass is 10.0. The van der Waals surface area contributed by atoms with Crippen molar-refractivity contribution in [1.82, 2.24) is 26.1 Å². The van der Waals surface area contributed by atoms with Crippen LogP contribution in [0.15, 0.2) is 47.6 Å². The number of carbonyl (C=O) groups excluding carboxylic acids is 2. The number of aliphatic carboxylic acids is 1. The first-order valence-electron chi connectivity index (χ1n) is 11.6. The van der Waals surface area contributed by atoms with Crippen LogP contribution in [0.1, 0.15) is 33.9 Å². The summed E-state index contributed by atoms with van der Waals surface area (Å²) in [7, 11) is 0. The number of amides is 2. The van der Waals surface area contributed by atoms with E-state index >= 15 is 0 Å². The minimum absolute atomic E-state index is 0.0204. The maximum absolute atomic E-state index is 13.3. The number of benzene rings is 2. The minimum Gasteiger partial charge on any atom is -0.481 e. The van der Waals surface area contributed by atoms with Crippen LogP contribution in [0.2, 0.25) is 0 Å². The number of rotatable bonds is 8. The second-order valence-electron chi connectivity index (χ2n) is 8.67. The highest BCUT2D eigenvalue weighted by Gasteiger charge is 2.31. The number of aromatic nitrogens is 2. The fourth-order valence-electron chi connectivity index (χ4n) is 3.91. The first-order chi connectivity index (χ1) is 18.5. The lowest BCUT2D eigenvalue weighted by Gasteiger charge is -2.19. The molecule has 0 fully saturated rings. The van der Waals surface area contributed by atoms with E-state index in [1.54, 1.807) is 6.07 Å². The fourth-order valence-corrected chi connectivity index (χ4v) is 3.91. The van der Waals surface area contributed by atoms with Crippen LogP contribution in [0.5, 0.6) is 0 Å². The Hall–Kier alpha value is -4.69. The number of carboxylic acids is 1. The Morgan fingerprint density at radius 1 is 1.18 bits per heavy atom. The van der Waals surface area contributed by atoms with E-state index in [1.165, 1.54) is 18.3 Å². The van der Waals surface area contributed by atoms with Crippen molar-refractivity contribution in [3.05, 3.63) is 59.3 Å². The largest absolute Gasteiger partial charge is 0.481 e. The number of fused-ring (bicyclic) bond motifs is 1. The molecule has 2 heterocycles. The van der Waals surface area contributed by atoms with Crippen LogP contribution >= 0.6 is 0 Å². The minimum atomic E-state index is -4.65. The third-order valence-corrected chi connectivity index (χ3v) is 5.74. The Balaban J connectivity index is 1.45. The number of guanidine groups is 1. The maximum atomic E-state index is 13.3. The molecule has 6 N–H and O–H groups in total. The number of carbonyl (C=O) groups is 3. The SMILES string of the molecule is O=C(O)CC(NC(=O)CNC(=O)c1cc(NC2=NCC(F)CN2)cc2[nH]ncc12)c1cccc(C(F)(F)F)c1. The van der Waals surface area contributed by atoms with Crippen LogP contribution in [-0.4, -0.2) is 64.9 Å². The van der Waals surface area contributed by atoms with Gasteiger partial charge in [0.25, 0.3) is 5.91 Å². The van der Waals surface area contributed by atoms with Gasteiger partial charge in [-0.15, -0.1) is 0 Å². The summed E-state index contributed by atoms with van der Waals surface area (Å²) in [5.74, 6) is -2.51. The summed E-state index contributed by atoms with van der Waals surface area (Å²) in [6.07, 6.45) is -5.03. The lowest BCUT2D eigenvalue weighted by molar-refractivity contribution is -0.138. The van der Waals surface area contributed by atoms with Gasteiger partial charge >= 0.3 is 12.1 Å². The molecule has 3 aromatic rings. The van der Waals surface area contributed by atoms with Crippen molar-refractivity contribution in [1.29, 1.82) is 0 Å². The number of carboxylic acid groups (broad SMARTS) is 1. The van der Waals surface area contributed by atoms with Gasteiger partial charge in [-0.2, -0.15) is 18.3 Å². The second-order valence-corrected chi connectivity index (χ2v) is 8.67. The first kappa shape index (κ1) is 27.3. The molecule has 1 aliphatic heterocycles. The Morgan fingerprint density at radius 3 is 2.67 bits per heavy atom. The van der Waals surface area contributed by atoms with Gasteiger partial charge < -0.3 is 26.4 Å². The summed E-state index contributed by atoms with van der Waals surface area (Å²) in [5, 5.41) is 26.8. The molecule has 0 aliphatic carbocycles. The predicted octanol–water partition coefficient (Wildman–Crippen LogP) is 2.35. The van der Waals surface area contributed by atoms with Crippen molar-refractivity contribution in [2.24, 2.45) is 4.99 Å². The van der Waals surface area contributed by atoms with Gasteiger partial charge in [0, 0.05) is 11.1 Å². The van der Waals surface area contributed by atoms with E-state index in [9.17, 15) is 37.1 Å². The van der Waals surface area contributed by atoms with Gasteiger partial charge in [-0.3, -0.25) is 19.5 Å². The van der Waals surface area contributed by atoms with E-state index in [0.29, 0.717) is 22.5 Å². The number of aliphatic imine (C=N–C) groups is 1. The number of hydrogen-bond donors (Lipinski definition) is 6. The molecule has 2 amide bonds. The van der Waals surface area contributed by atoms with E-state index in [1.807, 2.05) is 0 Å². The maximum Gasteiger partial charge on any atom is 0.416 e. The first-order valence-corrected chi connectivity index (χ1v) is 11.6. The number of H-pyrrole nitrogens is 1. The quantitative estimate of drug-likeness (QED) is 0.235. The zero-order chi connectivity index (χ0) is 28.2. The van der Waals surface area contributed by atoms with Crippen LogP contribution in [0.4, 0.5) is 23.2 Å². The topological polar surface area (TPSA) is 161 Å². The number of halogens is 4. The summed E-state index contributed by atoms with van der Waals surface area (Å²) in [5.41, 5.74) is 0.00582. The van der Waals surface area contributed by atoms with Crippen LogP contribution in [-0.2, 0) is 15.8 Å². The van der Waals surface area contributed by atoms with E-state index in [0.717, 1.165) is 18.2 Å². The lowest BCUT2D eigenvalue weighted by Crippen LogP contribution is -2.41. The number of anilines is 1. The second kappa shape index (κ2) is 11.4. The normalized spacial score (nSPS) is 16.1. The van der Waals surface area contributed by atoms with Crippen molar-refractivity contribution in [3.63, 3.8) is 0 Å². The number of nitrogens with one attached hydrogen (secondary N) is 5. The van der Waals surface area contributed by atoms with E-state index in [2.05, 4.69) is 36.5 Å². The van der Waals surface area contributed by atoms with Crippen LogP contribution in [0.3, 0.4) is 0 Å². The van der Waals surface area contributed by atoms with Gasteiger partial charge in [0.15, 0.2) is 5.96 Å². The summed E-state index contributed by atoms with van der Waals surface area (Å²) >= 11 is 0. The van der Waals surface area contributed by atoms with E-state index in [4.69, 9.17) is 0 Å². The van der Waals surface area contributed by atoms with Gasteiger partial charge in [0.1, 0.15) is 6.17 Å². The molecular formula is C24H23F4N7O4. The van der Waals surface area contributed by atoms with Crippen molar-refractivity contribution >= 4 is 40.3 Å². The highest BCUT2D eigenvalue weighted by Crippen LogP contribution is 2.31. The summed E-state index contributed by atoms with van der Waals surface area (Å²) in [6, 6.07) is 5.85. The van der Waals surface area contributed by atoms with Gasteiger partial charge in [-0.1, -0.05) is 12.1 Å². The molecule has 11 nitrogen and oxygen atoms in total. The molecule has 0 bridgehead atoms. The Morgan fingerprint density at radius 2 is 1.97 bits per heavy atom. The average Bonchev–Trinajstić information content (AvgIpc) is 3.36. The number of alkyl halides is 4. The predicted molar refractivity (Wildman–Crippen MR) is 132 cm³/mol. The fraction of sp³-hybridized carbons (Fsp3) is 0.292. The molecule has 2 unspecified atom stereocenters. The summed E-state index contributed by atoms with van der Waals surface area (Å²) in [6.45, 7) is -0.533. The number of nitrogens with zero attached hydrogens (tertiary/aromatic N) is 2. The molecule has 0 saturated heterocycles. The van der Waals surface area contributed by atoms with Crippen molar-refractivity contribution in [2.75, 3.05) is 25.0 Å². The molecule has 2 atom stereocenters. The molecule has 2 aromatic carbocycles. The Kier molecular flexibility index (Phi) is 7.97. The molecule has 0 radical (unpaired) electrons. The van der Waals surface area contributed by atoms with Crippen LogP contribution in [0, 0.1) is 0 Å². The van der Waals surface area contributed by atoms with Gasteiger partial charge in [-0.25, -0.2) is 9.38 Å². The summed E-state index contributed by atoms with van der Waals surface area (Å²) < 4.78 is 52.6. The van der Waals surface area contributed by atoms with Crippen molar-refractivity contribution < 1.29 is 37.1 Å². The Labute approximate surface area is 218 Å². The molecule has 15 heteroatoms. The standard InChI is InChI=1S/C24H23F4N7O4/c25-14-8-30-23(31-9-14)33-15-5-16(17-10-32-35-19(17)6-15)22(39)29-11-20(36)34-18(7-21(37)38)12-2-1-3-13(4-12)24(26,27)28/h1-6,10,14,18H,7-9,11H2,(H,29,39)(H,32,35)(H,34,36)(H,37,38)(H2,30,31,33). The molecule has 1 aromatic heterocycles. The van der Waals surface area contributed by atoms with Gasteiger partial charge in [0.05, 0.1) is 54.9 Å². The highest BCUT2D eigenvalue weighted by atomic mass is 19.4.